The first kappa shape index (κ1) is 9.00. The van der Waals surface area contributed by atoms with Crippen molar-refractivity contribution in [1.29, 1.82) is 0 Å². The van der Waals surface area contributed by atoms with Crippen molar-refractivity contribution in [2.75, 3.05) is 20.1 Å². The van der Waals surface area contributed by atoms with Crippen molar-refractivity contribution in [3.05, 3.63) is 0 Å². The lowest BCUT2D eigenvalue weighted by molar-refractivity contribution is -0.144. The molecule has 1 spiro atoms. The summed E-state index contributed by atoms with van der Waals surface area (Å²) in [6.07, 6.45) is 2.12. The van der Waals surface area contributed by atoms with Gasteiger partial charge in [-0.2, -0.15) is 0 Å². The van der Waals surface area contributed by atoms with Crippen molar-refractivity contribution in [1.82, 2.24) is 9.80 Å². The fraction of sp³-hybridized carbons (Fsp3) is 0.900. The second-order valence-electron chi connectivity index (χ2n) is 4.55. The van der Waals surface area contributed by atoms with E-state index in [2.05, 4.69) is 25.8 Å². The van der Waals surface area contributed by atoms with Gasteiger partial charge in [-0.1, -0.05) is 0 Å². The van der Waals surface area contributed by atoms with Crippen molar-refractivity contribution < 1.29 is 4.79 Å². The minimum atomic E-state index is -0.0808. The first-order valence-electron chi connectivity index (χ1n) is 5.10. The molecule has 0 N–H and O–H groups in total. The second kappa shape index (κ2) is 2.71. The Morgan fingerprint density at radius 2 is 1.92 bits per heavy atom. The summed E-state index contributed by atoms with van der Waals surface area (Å²) in [5.74, 6) is 0.358. The molecule has 0 bridgehead atoms. The summed E-state index contributed by atoms with van der Waals surface area (Å²) in [5, 5.41) is 0. The molecule has 0 radical (unpaired) electrons. The topological polar surface area (TPSA) is 23.6 Å². The summed E-state index contributed by atoms with van der Waals surface area (Å²) < 4.78 is 0. The van der Waals surface area contributed by atoms with Crippen LogP contribution in [0.25, 0.3) is 0 Å². The molecule has 0 unspecified atom stereocenters. The van der Waals surface area contributed by atoms with E-state index < -0.39 is 0 Å². The molecule has 3 heteroatoms. The van der Waals surface area contributed by atoms with E-state index in [1.54, 1.807) is 0 Å². The van der Waals surface area contributed by atoms with Gasteiger partial charge in [-0.05, 0) is 33.7 Å². The fourth-order valence-corrected chi connectivity index (χ4v) is 2.21. The third-order valence-electron chi connectivity index (χ3n) is 3.41. The van der Waals surface area contributed by atoms with Gasteiger partial charge in [0.2, 0.25) is 5.91 Å². The lowest BCUT2D eigenvalue weighted by Gasteiger charge is -2.41. The molecule has 0 atom stereocenters. The summed E-state index contributed by atoms with van der Waals surface area (Å²) in [6.45, 7) is 6.12. The SMILES string of the molecule is CC(C)N1CCN(C)C2(CC2)C1=O. The summed E-state index contributed by atoms with van der Waals surface area (Å²) >= 11 is 0. The van der Waals surface area contributed by atoms with Crippen molar-refractivity contribution in [2.24, 2.45) is 0 Å². The van der Waals surface area contributed by atoms with Crippen molar-refractivity contribution in [3.63, 3.8) is 0 Å². The van der Waals surface area contributed by atoms with Gasteiger partial charge in [-0.25, -0.2) is 0 Å². The van der Waals surface area contributed by atoms with Gasteiger partial charge in [0.15, 0.2) is 0 Å². The first-order valence-corrected chi connectivity index (χ1v) is 5.10. The number of carbonyl (C=O) groups excluding carboxylic acids is 1. The number of amides is 1. The van der Waals surface area contributed by atoms with E-state index in [1.165, 1.54) is 0 Å². The van der Waals surface area contributed by atoms with Crippen LogP contribution in [0.2, 0.25) is 0 Å². The minimum absolute atomic E-state index is 0.0808. The number of hydrogen-bond donors (Lipinski definition) is 0. The van der Waals surface area contributed by atoms with E-state index in [1.807, 2.05) is 4.90 Å². The van der Waals surface area contributed by atoms with Crippen LogP contribution in [0, 0.1) is 0 Å². The van der Waals surface area contributed by atoms with Crippen LogP contribution in [-0.2, 0) is 4.79 Å². The molecule has 1 amide bonds. The van der Waals surface area contributed by atoms with Gasteiger partial charge in [0.05, 0.1) is 0 Å². The first-order chi connectivity index (χ1) is 6.08. The smallest absolute Gasteiger partial charge is 0.243 e. The van der Waals surface area contributed by atoms with E-state index in [0.717, 1.165) is 25.9 Å². The van der Waals surface area contributed by atoms with Gasteiger partial charge < -0.3 is 4.90 Å². The lowest BCUT2D eigenvalue weighted by atomic mass is 10.1. The molecular formula is C10H18N2O. The zero-order valence-electron chi connectivity index (χ0n) is 8.71. The van der Waals surface area contributed by atoms with Crippen LogP contribution in [0.3, 0.4) is 0 Å². The van der Waals surface area contributed by atoms with Gasteiger partial charge in [0, 0.05) is 19.1 Å². The molecule has 1 aliphatic carbocycles. The average molecular weight is 182 g/mol. The van der Waals surface area contributed by atoms with E-state index in [4.69, 9.17) is 0 Å². The van der Waals surface area contributed by atoms with Crippen LogP contribution >= 0.6 is 0 Å². The highest BCUT2D eigenvalue weighted by atomic mass is 16.2. The molecule has 13 heavy (non-hydrogen) atoms. The number of nitrogens with zero attached hydrogens (tertiary/aromatic N) is 2. The third-order valence-corrected chi connectivity index (χ3v) is 3.41. The predicted octanol–water partition coefficient (Wildman–Crippen LogP) is 0.701. The number of rotatable bonds is 1. The zero-order chi connectivity index (χ0) is 9.64. The average Bonchev–Trinajstić information content (AvgIpc) is 2.81. The second-order valence-corrected chi connectivity index (χ2v) is 4.55. The Hall–Kier alpha value is -0.570. The third kappa shape index (κ3) is 1.17. The molecule has 0 aromatic carbocycles. The number of piperazine rings is 1. The van der Waals surface area contributed by atoms with Gasteiger partial charge in [0.25, 0.3) is 0 Å². The lowest BCUT2D eigenvalue weighted by Crippen LogP contribution is -2.59. The monoisotopic (exact) mass is 182 g/mol. The molecule has 1 heterocycles. The Morgan fingerprint density at radius 1 is 1.31 bits per heavy atom. The maximum Gasteiger partial charge on any atom is 0.243 e. The molecule has 2 aliphatic rings. The van der Waals surface area contributed by atoms with E-state index in [0.29, 0.717) is 11.9 Å². The standard InChI is InChI=1S/C10H18N2O/c1-8(2)12-7-6-11(3)10(4-5-10)9(12)13/h8H,4-7H2,1-3H3. The molecule has 2 fully saturated rings. The van der Waals surface area contributed by atoms with Crippen molar-refractivity contribution in [3.8, 4) is 0 Å². The molecule has 1 saturated carbocycles. The normalized spacial score (nSPS) is 27.4. The Balaban J connectivity index is 2.16. The van der Waals surface area contributed by atoms with Crippen LogP contribution in [0.4, 0.5) is 0 Å². The van der Waals surface area contributed by atoms with Crippen molar-refractivity contribution >= 4 is 5.91 Å². The highest BCUT2D eigenvalue weighted by Gasteiger charge is 2.57. The molecule has 1 saturated heterocycles. The Morgan fingerprint density at radius 3 is 2.38 bits per heavy atom. The van der Waals surface area contributed by atoms with Crippen LogP contribution in [0.5, 0.6) is 0 Å². The highest BCUT2D eigenvalue weighted by Crippen LogP contribution is 2.44. The summed E-state index contributed by atoms with van der Waals surface area (Å²) in [7, 11) is 2.07. The quantitative estimate of drug-likeness (QED) is 0.596. The summed E-state index contributed by atoms with van der Waals surface area (Å²) in [5.41, 5.74) is -0.0808. The van der Waals surface area contributed by atoms with Gasteiger partial charge >= 0.3 is 0 Å². The Kier molecular flexibility index (Phi) is 1.88. The zero-order valence-corrected chi connectivity index (χ0v) is 8.71. The van der Waals surface area contributed by atoms with E-state index in [9.17, 15) is 4.79 Å². The van der Waals surface area contributed by atoms with E-state index in [-0.39, 0.29) is 5.54 Å². The molecule has 0 aromatic rings. The van der Waals surface area contributed by atoms with Gasteiger partial charge in [0.1, 0.15) is 5.54 Å². The fourth-order valence-electron chi connectivity index (χ4n) is 2.21. The van der Waals surface area contributed by atoms with Crippen LogP contribution < -0.4 is 0 Å². The van der Waals surface area contributed by atoms with E-state index >= 15 is 0 Å². The molecular weight excluding hydrogens is 164 g/mol. The van der Waals surface area contributed by atoms with Crippen LogP contribution in [0.1, 0.15) is 26.7 Å². The maximum absolute atomic E-state index is 12.0. The van der Waals surface area contributed by atoms with Crippen molar-refractivity contribution in [2.45, 2.75) is 38.3 Å². The minimum Gasteiger partial charge on any atom is -0.337 e. The maximum atomic E-state index is 12.0. The Bertz CT molecular complexity index is 233. The Labute approximate surface area is 79.7 Å². The van der Waals surface area contributed by atoms with Gasteiger partial charge in [-0.15, -0.1) is 0 Å². The number of hydrogen-bond acceptors (Lipinski definition) is 2. The predicted molar refractivity (Wildman–Crippen MR) is 51.4 cm³/mol. The molecule has 74 valence electrons. The molecule has 1 aliphatic heterocycles. The molecule has 2 rings (SSSR count). The molecule has 3 nitrogen and oxygen atoms in total. The summed E-state index contributed by atoms with van der Waals surface area (Å²) in [6, 6.07) is 0.360. The van der Waals surface area contributed by atoms with Crippen LogP contribution in [-0.4, -0.2) is 47.4 Å². The van der Waals surface area contributed by atoms with Gasteiger partial charge in [-0.3, -0.25) is 9.69 Å². The number of carbonyl (C=O) groups is 1. The number of likely N-dealkylation sites (N-methyl/N-ethyl adjacent to an activating group) is 1. The summed E-state index contributed by atoms with van der Waals surface area (Å²) in [4.78, 5) is 16.3. The molecule has 0 aromatic heterocycles. The highest BCUT2D eigenvalue weighted by molar-refractivity contribution is 5.90. The largest absolute Gasteiger partial charge is 0.337 e. The van der Waals surface area contributed by atoms with Crippen LogP contribution in [0.15, 0.2) is 0 Å².